The predicted octanol–water partition coefficient (Wildman–Crippen LogP) is 4.45. The van der Waals surface area contributed by atoms with Gasteiger partial charge in [0.1, 0.15) is 11.6 Å². The number of hydrogen-bond acceptors (Lipinski definition) is 5. The summed E-state index contributed by atoms with van der Waals surface area (Å²) in [6, 6.07) is 14.0. The molecule has 134 valence electrons. The molecule has 2 aromatic carbocycles. The Morgan fingerprint density at radius 2 is 2.00 bits per heavy atom. The van der Waals surface area contributed by atoms with E-state index < -0.39 is 0 Å². The van der Waals surface area contributed by atoms with Crippen molar-refractivity contribution in [3.63, 3.8) is 0 Å². The molecule has 3 aromatic rings. The number of piperidine rings is 1. The van der Waals surface area contributed by atoms with Crippen LogP contribution in [0.2, 0.25) is 0 Å². The van der Waals surface area contributed by atoms with Crippen LogP contribution in [0.25, 0.3) is 11.0 Å². The van der Waals surface area contributed by atoms with Crippen molar-refractivity contribution in [2.24, 2.45) is 0 Å². The van der Waals surface area contributed by atoms with Gasteiger partial charge in [0.05, 0.1) is 17.2 Å². The number of anilines is 2. The van der Waals surface area contributed by atoms with Crippen molar-refractivity contribution in [2.45, 2.75) is 38.8 Å². The van der Waals surface area contributed by atoms with E-state index in [9.17, 15) is 5.11 Å². The van der Waals surface area contributed by atoms with Gasteiger partial charge in [0.25, 0.3) is 0 Å². The van der Waals surface area contributed by atoms with Gasteiger partial charge >= 0.3 is 0 Å². The van der Waals surface area contributed by atoms with E-state index in [0.29, 0.717) is 17.6 Å². The molecule has 1 aromatic heterocycles. The van der Waals surface area contributed by atoms with E-state index in [1.54, 1.807) is 12.3 Å². The molecule has 1 aliphatic heterocycles. The minimum Gasteiger partial charge on any atom is -0.508 e. The Balaban J connectivity index is 1.54. The quantitative estimate of drug-likeness (QED) is 0.682. The van der Waals surface area contributed by atoms with Crippen molar-refractivity contribution in [1.82, 2.24) is 14.9 Å². The maximum absolute atomic E-state index is 10.3. The standard InChI is InChI=1S/C21H24N4O/c1-15-6-4-5-11-25(15)14-16-12-17(9-10-20(16)26)23-21-13-22-18-7-2-3-8-19(18)24-21/h2-3,7-10,12-13,15,26H,4-6,11,14H2,1H3,(H,23,24). The Bertz CT molecular complexity index is 911. The van der Waals surface area contributed by atoms with Gasteiger partial charge in [0, 0.05) is 23.8 Å². The molecule has 1 unspecified atom stereocenters. The summed E-state index contributed by atoms with van der Waals surface area (Å²) in [7, 11) is 0. The molecular weight excluding hydrogens is 324 g/mol. The summed E-state index contributed by atoms with van der Waals surface area (Å²) in [6.45, 7) is 4.13. The summed E-state index contributed by atoms with van der Waals surface area (Å²) in [4.78, 5) is 11.5. The van der Waals surface area contributed by atoms with E-state index in [2.05, 4.69) is 27.1 Å². The molecule has 5 heteroatoms. The van der Waals surface area contributed by atoms with Gasteiger partial charge in [-0.15, -0.1) is 0 Å². The summed E-state index contributed by atoms with van der Waals surface area (Å²) in [5.74, 6) is 1.05. The number of likely N-dealkylation sites (tertiary alicyclic amines) is 1. The van der Waals surface area contributed by atoms with Crippen LogP contribution < -0.4 is 5.32 Å². The molecule has 0 saturated carbocycles. The zero-order valence-electron chi connectivity index (χ0n) is 15.0. The molecule has 1 saturated heterocycles. The summed E-state index contributed by atoms with van der Waals surface area (Å²) in [5, 5.41) is 13.6. The lowest BCUT2D eigenvalue weighted by molar-refractivity contribution is 0.151. The summed E-state index contributed by atoms with van der Waals surface area (Å²) < 4.78 is 0. The van der Waals surface area contributed by atoms with Crippen molar-refractivity contribution in [3.8, 4) is 5.75 Å². The first kappa shape index (κ1) is 16.8. The molecule has 5 nitrogen and oxygen atoms in total. The van der Waals surface area contributed by atoms with Crippen LogP contribution in [0, 0.1) is 0 Å². The van der Waals surface area contributed by atoms with Crippen LogP contribution in [0.1, 0.15) is 31.7 Å². The van der Waals surface area contributed by atoms with Crippen molar-refractivity contribution in [1.29, 1.82) is 0 Å². The van der Waals surface area contributed by atoms with Gasteiger partial charge in [-0.1, -0.05) is 18.6 Å². The average Bonchev–Trinajstić information content (AvgIpc) is 2.66. The minimum absolute atomic E-state index is 0.345. The first-order chi connectivity index (χ1) is 12.7. The van der Waals surface area contributed by atoms with Gasteiger partial charge in [-0.25, -0.2) is 4.98 Å². The van der Waals surface area contributed by atoms with Gasteiger partial charge in [-0.2, -0.15) is 0 Å². The topological polar surface area (TPSA) is 61.3 Å². The molecule has 0 bridgehead atoms. The van der Waals surface area contributed by atoms with Crippen LogP contribution in [-0.2, 0) is 6.54 Å². The molecule has 0 aliphatic carbocycles. The molecule has 0 spiro atoms. The van der Waals surface area contributed by atoms with Gasteiger partial charge in [-0.05, 0) is 56.6 Å². The van der Waals surface area contributed by atoms with Crippen LogP contribution in [0.15, 0.2) is 48.7 Å². The third-order valence-electron chi connectivity index (χ3n) is 5.11. The van der Waals surface area contributed by atoms with E-state index in [4.69, 9.17) is 0 Å². The monoisotopic (exact) mass is 348 g/mol. The first-order valence-corrected chi connectivity index (χ1v) is 9.24. The molecule has 2 N–H and O–H groups in total. The summed E-state index contributed by atoms with van der Waals surface area (Å²) in [6.07, 6.45) is 5.49. The van der Waals surface area contributed by atoms with Gasteiger partial charge in [0.2, 0.25) is 0 Å². The Labute approximate surface area is 153 Å². The van der Waals surface area contributed by atoms with Crippen molar-refractivity contribution < 1.29 is 5.11 Å². The SMILES string of the molecule is CC1CCCCN1Cc1cc(Nc2cnc3ccccc3n2)ccc1O. The third-order valence-corrected chi connectivity index (χ3v) is 5.11. The van der Waals surface area contributed by atoms with Crippen molar-refractivity contribution in [3.05, 3.63) is 54.2 Å². The molecule has 4 rings (SSSR count). The highest BCUT2D eigenvalue weighted by atomic mass is 16.3. The minimum atomic E-state index is 0.345. The maximum Gasteiger partial charge on any atom is 0.149 e. The fraction of sp³-hybridized carbons (Fsp3) is 0.333. The van der Waals surface area contributed by atoms with Crippen LogP contribution in [0.3, 0.4) is 0 Å². The van der Waals surface area contributed by atoms with Gasteiger partial charge in [0.15, 0.2) is 0 Å². The second kappa shape index (κ2) is 7.30. The molecule has 1 atom stereocenters. The third kappa shape index (κ3) is 3.63. The Morgan fingerprint density at radius 3 is 2.85 bits per heavy atom. The second-order valence-corrected chi connectivity index (χ2v) is 7.03. The number of rotatable bonds is 4. The van der Waals surface area contributed by atoms with Crippen LogP contribution in [0.4, 0.5) is 11.5 Å². The van der Waals surface area contributed by atoms with Gasteiger partial charge in [-0.3, -0.25) is 9.88 Å². The molecule has 0 radical (unpaired) electrons. The number of fused-ring (bicyclic) bond motifs is 1. The largest absolute Gasteiger partial charge is 0.508 e. The first-order valence-electron chi connectivity index (χ1n) is 9.24. The van der Waals surface area contributed by atoms with E-state index in [-0.39, 0.29) is 0 Å². The Morgan fingerprint density at radius 1 is 1.15 bits per heavy atom. The normalized spacial score (nSPS) is 18.1. The van der Waals surface area contributed by atoms with Crippen molar-refractivity contribution >= 4 is 22.5 Å². The number of para-hydroxylation sites is 2. The van der Waals surface area contributed by atoms with Crippen LogP contribution in [0.5, 0.6) is 5.75 Å². The lowest BCUT2D eigenvalue weighted by Crippen LogP contribution is -2.36. The van der Waals surface area contributed by atoms with E-state index >= 15 is 0 Å². The Kier molecular flexibility index (Phi) is 4.71. The molecule has 26 heavy (non-hydrogen) atoms. The molecule has 1 fully saturated rings. The number of aromatic hydroxyl groups is 1. The zero-order chi connectivity index (χ0) is 17.9. The average molecular weight is 348 g/mol. The fourth-order valence-electron chi connectivity index (χ4n) is 3.57. The van der Waals surface area contributed by atoms with Gasteiger partial charge < -0.3 is 10.4 Å². The molecule has 0 amide bonds. The second-order valence-electron chi connectivity index (χ2n) is 7.03. The smallest absolute Gasteiger partial charge is 0.149 e. The lowest BCUT2D eigenvalue weighted by Gasteiger charge is -2.33. The molecular formula is C21H24N4O. The van der Waals surface area contributed by atoms with Crippen molar-refractivity contribution in [2.75, 3.05) is 11.9 Å². The predicted molar refractivity (Wildman–Crippen MR) is 105 cm³/mol. The number of nitrogens with zero attached hydrogens (tertiary/aromatic N) is 3. The summed E-state index contributed by atoms with van der Waals surface area (Å²) in [5.41, 5.74) is 3.59. The lowest BCUT2D eigenvalue weighted by atomic mass is 10.0. The zero-order valence-corrected chi connectivity index (χ0v) is 15.0. The number of nitrogens with one attached hydrogen (secondary N) is 1. The number of aromatic nitrogens is 2. The maximum atomic E-state index is 10.3. The van der Waals surface area contributed by atoms with Crippen LogP contribution in [-0.4, -0.2) is 32.6 Å². The highest BCUT2D eigenvalue weighted by Crippen LogP contribution is 2.27. The molecule has 1 aliphatic rings. The van der Waals surface area contributed by atoms with E-state index in [1.165, 1.54) is 19.3 Å². The number of phenolic OH excluding ortho intramolecular Hbond substituents is 1. The van der Waals surface area contributed by atoms with E-state index in [0.717, 1.165) is 35.4 Å². The fourth-order valence-corrected chi connectivity index (χ4v) is 3.57. The number of benzene rings is 2. The number of phenols is 1. The van der Waals surface area contributed by atoms with Crippen LogP contribution >= 0.6 is 0 Å². The van der Waals surface area contributed by atoms with E-state index in [1.807, 2.05) is 36.4 Å². The highest BCUT2D eigenvalue weighted by molar-refractivity contribution is 5.76. The highest BCUT2D eigenvalue weighted by Gasteiger charge is 2.19. The molecule has 2 heterocycles. The summed E-state index contributed by atoms with van der Waals surface area (Å²) >= 11 is 0. The Hall–Kier alpha value is -2.66. The number of hydrogen-bond donors (Lipinski definition) is 2.